The van der Waals surface area contributed by atoms with Gasteiger partial charge in [0.05, 0.1) is 12.8 Å². The number of hydrogen-bond donors (Lipinski definition) is 0. The standard InChI is InChI=1S/C24H28N2O2/c1-4-26(5-2)16-17-28-23-13-8-20(9-14-23)24-15-10-21(18-25-24)19-6-11-22(27-3)12-7-19/h6-15,18H,4-5,16-17H2,1-3H3. The van der Waals surface area contributed by atoms with Crippen LogP contribution in [0.2, 0.25) is 0 Å². The van der Waals surface area contributed by atoms with Crippen molar-refractivity contribution in [3.8, 4) is 33.9 Å². The minimum absolute atomic E-state index is 0.704. The zero-order valence-corrected chi connectivity index (χ0v) is 16.9. The molecule has 0 atom stereocenters. The largest absolute Gasteiger partial charge is 0.497 e. The predicted molar refractivity (Wildman–Crippen MR) is 115 cm³/mol. The fourth-order valence-electron chi connectivity index (χ4n) is 3.07. The van der Waals surface area contributed by atoms with E-state index in [4.69, 9.17) is 9.47 Å². The molecule has 0 amide bonds. The molecule has 146 valence electrons. The zero-order chi connectivity index (χ0) is 19.8. The molecule has 28 heavy (non-hydrogen) atoms. The monoisotopic (exact) mass is 376 g/mol. The number of aromatic nitrogens is 1. The summed E-state index contributed by atoms with van der Waals surface area (Å²) in [6, 6.07) is 20.3. The highest BCUT2D eigenvalue weighted by Gasteiger charge is 2.04. The van der Waals surface area contributed by atoms with Crippen LogP contribution in [0.15, 0.2) is 66.9 Å². The lowest BCUT2D eigenvalue weighted by Crippen LogP contribution is -2.27. The lowest BCUT2D eigenvalue weighted by molar-refractivity contribution is 0.223. The highest BCUT2D eigenvalue weighted by Crippen LogP contribution is 2.25. The molecule has 0 saturated carbocycles. The number of hydrogen-bond acceptors (Lipinski definition) is 4. The van der Waals surface area contributed by atoms with Crippen molar-refractivity contribution in [3.63, 3.8) is 0 Å². The SMILES string of the molecule is CCN(CC)CCOc1ccc(-c2ccc(-c3ccc(OC)cc3)cn2)cc1. The van der Waals surface area contributed by atoms with Crippen LogP contribution in [-0.4, -0.2) is 43.2 Å². The first-order chi connectivity index (χ1) is 13.7. The summed E-state index contributed by atoms with van der Waals surface area (Å²) in [5.74, 6) is 1.75. The normalized spacial score (nSPS) is 10.9. The Balaban J connectivity index is 1.62. The molecule has 1 heterocycles. The van der Waals surface area contributed by atoms with E-state index in [2.05, 4.69) is 48.0 Å². The van der Waals surface area contributed by atoms with Crippen molar-refractivity contribution in [2.75, 3.05) is 33.4 Å². The summed E-state index contributed by atoms with van der Waals surface area (Å²) in [6.45, 7) is 8.10. The minimum atomic E-state index is 0.704. The van der Waals surface area contributed by atoms with Gasteiger partial charge in [-0.3, -0.25) is 4.98 Å². The van der Waals surface area contributed by atoms with Gasteiger partial charge in [-0.25, -0.2) is 0 Å². The highest BCUT2D eigenvalue weighted by atomic mass is 16.5. The van der Waals surface area contributed by atoms with Gasteiger partial charge in [0.2, 0.25) is 0 Å². The van der Waals surface area contributed by atoms with E-state index in [9.17, 15) is 0 Å². The molecule has 0 spiro atoms. The van der Waals surface area contributed by atoms with Crippen molar-refractivity contribution >= 4 is 0 Å². The number of rotatable bonds is 9. The molecule has 0 fully saturated rings. The number of likely N-dealkylation sites (N-methyl/N-ethyl adjacent to an activating group) is 1. The fraction of sp³-hybridized carbons (Fsp3) is 0.292. The van der Waals surface area contributed by atoms with E-state index >= 15 is 0 Å². The van der Waals surface area contributed by atoms with E-state index in [1.54, 1.807) is 7.11 Å². The molecule has 4 nitrogen and oxygen atoms in total. The molecule has 3 rings (SSSR count). The zero-order valence-electron chi connectivity index (χ0n) is 16.9. The van der Waals surface area contributed by atoms with Crippen molar-refractivity contribution in [3.05, 3.63) is 66.9 Å². The highest BCUT2D eigenvalue weighted by molar-refractivity contribution is 5.67. The molecule has 0 radical (unpaired) electrons. The summed E-state index contributed by atoms with van der Waals surface area (Å²) >= 11 is 0. The topological polar surface area (TPSA) is 34.6 Å². The Morgan fingerprint density at radius 3 is 1.93 bits per heavy atom. The Morgan fingerprint density at radius 1 is 0.750 bits per heavy atom. The van der Waals surface area contributed by atoms with Crippen LogP contribution in [0.4, 0.5) is 0 Å². The maximum atomic E-state index is 5.85. The van der Waals surface area contributed by atoms with Gasteiger partial charge in [0.25, 0.3) is 0 Å². The van der Waals surface area contributed by atoms with Gasteiger partial charge in [-0.05, 0) is 61.1 Å². The Labute approximate surface area is 167 Å². The average molecular weight is 377 g/mol. The van der Waals surface area contributed by atoms with Crippen LogP contribution in [-0.2, 0) is 0 Å². The third-order valence-corrected chi connectivity index (χ3v) is 4.91. The Kier molecular flexibility index (Phi) is 7.04. The smallest absolute Gasteiger partial charge is 0.119 e. The van der Waals surface area contributed by atoms with Crippen LogP contribution in [0, 0.1) is 0 Å². The first kappa shape index (κ1) is 19.9. The molecule has 4 heteroatoms. The van der Waals surface area contributed by atoms with Gasteiger partial charge in [-0.2, -0.15) is 0 Å². The second-order valence-electron chi connectivity index (χ2n) is 6.56. The quantitative estimate of drug-likeness (QED) is 0.518. The molecular weight excluding hydrogens is 348 g/mol. The first-order valence-corrected chi connectivity index (χ1v) is 9.79. The van der Waals surface area contributed by atoms with Crippen LogP contribution >= 0.6 is 0 Å². The van der Waals surface area contributed by atoms with Crippen LogP contribution in [0.25, 0.3) is 22.4 Å². The number of benzene rings is 2. The molecule has 0 aliphatic heterocycles. The molecule has 0 bridgehead atoms. The second kappa shape index (κ2) is 9.90. The fourth-order valence-corrected chi connectivity index (χ4v) is 3.07. The summed E-state index contributed by atoms with van der Waals surface area (Å²) < 4.78 is 11.1. The number of ether oxygens (including phenoxy) is 2. The Hall–Kier alpha value is -2.85. The molecule has 0 unspecified atom stereocenters. The van der Waals surface area contributed by atoms with E-state index in [0.29, 0.717) is 6.61 Å². The molecule has 2 aromatic carbocycles. The first-order valence-electron chi connectivity index (χ1n) is 9.79. The van der Waals surface area contributed by atoms with Crippen LogP contribution in [0.1, 0.15) is 13.8 Å². The summed E-state index contributed by atoms with van der Waals surface area (Å²) in [5.41, 5.74) is 4.24. The third kappa shape index (κ3) is 5.11. The van der Waals surface area contributed by atoms with Crippen molar-refractivity contribution in [2.45, 2.75) is 13.8 Å². The summed E-state index contributed by atoms with van der Waals surface area (Å²) in [5, 5.41) is 0. The molecular formula is C24H28N2O2. The van der Waals surface area contributed by atoms with E-state index in [0.717, 1.165) is 53.5 Å². The van der Waals surface area contributed by atoms with Gasteiger partial charge in [0.1, 0.15) is 18.1 Å². The van der Waals surface area contributed by atoms with Crippen molar-refractivity contribution in [1.82, 2.24) is 9.88 Å². The van der Waals surface area contributed by atoms with E-state index in [-0.39, 0.29) is 0 Å². The maximum Gasteiger partial charge on any atom is 0.119 e. The van der Waals surface area contributed by atoms with Crippen molar-refractivity contribution < 1.29 is 9.47 Å². The van der Waals surface area contributed by atoms with Gasteiger partial charge < -0.3 is 14.4 Å². The third-order valence-electron chi connectivity index (χ3n) is 4.91. The van der Waals surface area contributed by atoms with Crippen LogP contribution in [0.3, 0.4) is 0 Å². The summed E-state index contributed by atoms with van der Waals surface area (Å²) in [7, 11) is 1.67. The van der Waals surface area contributed by atoms with Gasteiger partial charge in [-0.1, -0.05) is 32.0 Å². The predicted octanol–water partition coefficient (Wildman–Crippen LogP) is 5.14. The molecule has 0 aliphatic rings. The number of pyridine rings is 1. The molecule has 1 aromatic heterocycles. The van der Waals surface area contributed by atoms with Crippen molar-refractivity contribution in [2.24, 2.45) is 0 Å². The van der Waals surface area contributed by atoms with E-state index < -0.39 is 0 Å². The number of nitrogens with zero attached hydrogens (tertiary/aromatic N) is 2. The molecule has 0 N–H and O–H groups in total. The maximum absolute atomic E-state index is 5.85. The number of methoxy groups -OCH3 is 1. The van der Waals surface area contributed by atoms with Crippen molar-refractivity contribution in [1.29, 1.82) is 0 Å². The van der Waals surface area contributed by atoms with Gasteiger partial charge in [0.15, 0.2) is 0 Å². The summed E-state index contributed by atoms with van der Waals surface area (Å²) in [4.78, 5) is 6.98. The van der Waals surface area contributed by atoms with E-state index in [1.807, 2.05) is 42.6 Å². The lowest BCUT2D eigenvalue weighted by atomic mass is 10.1. The lowest BCUT2D eigenvalue weighted by Gasteiger charge is -2.18. The molecule has 0 saturated heterocycles. The van der Waals surface area contributed by atoms with E-state index in [1.165, 1.54) is 0 Å². The Morgan fingerprint density at radius 2 is 1.36 bits per heavy atom. The molecule has 0 aliphatic carbocycles. The van der Waals surface area contributed by atoms with Gasteiger partial charge in [0, 0.05) is 23.9 Å². The Bertz CT molecular complexity index is 839. The van der Waals surface area contributed by atoms with Gasteiger partial charge >= 0.3 is 0 Å². The minimum Gasteiger partial charge on any atom is -0.497 e. The average Bonchev–Trinajstić information content (AvgIpc) is 2.77. The second-order valence-corrected chi connectivity index (χ2v) is 6.56. The van der Waals surface area contributed by atoms with Gasteiger partial charge in [-0.15, -0.1) is 0 Å². The summed E-state index contributed by atoms with van der Waals surface area (Å²) in [6.07, 6.45) is 1.91. The van der Waals surface area contributed by atoms with Crippen LogP contribution < -0.4 is 9.47 Å². The van der Waals surface area contributed by atoms with Crippen LogP contribution in [0.5, 0.6) is 11.5 Å². The molecule has 3 aromatic rings.